The van der Waals surface area contributed by atoms with Crippen LogP contribution < -0.4 is 9.80 Å². The number of anilines is 3. The first kappa shape index (κ1) is 29.5. The van der Waals surface area contributed by atoms with Gasteiger partial charge in [-0.3, -0.25) is 19.3 Å². The fourth-order valence-corrected chi connectivity index (χ4v) is 5.11. The van der Waals surface area contributed by atoms with Crippen LogP contribution in [0.15, 0.2) is 104 Å². The number of para-hydroxylation sites is 1. The van der Waals surface area contributed by atoms with Gasteiger partial charge in [-0.05, 0) is 35.9 Å². The molecular weight excluding hydrogens is 518 g/mol. The van der Waals surface area contributed by atoms with Crippen molar-refractivity contribution in [2.45, 2.75) is 25.5 Å². The molecule has 2 atom stereocenters. The van der Waals surface area contributed by atoms with E-state index in [2.05, 4.69) is 6.58 Å². The maximum Gasteiger partial charge on any atom is 0.264 e. The smallest absolute Gasteiger partial charge is 0.264 e. The fourth-order valence-electron chi connectivity index (χ4n) is 5.11. The number of carbonyl (C=O) groups is 3. The molecule has 0 unspecified atom stereocenters. The Hall–Kier alpha value is -4.53. The van der Waals surface area contributed by atoms with Gasteiger partial charge in [-0.1, -0.05) is 73.7 Å². The second kappa shape index (κ2) is 13.2. The normalized spacial score (nSPS) is 16.9. The van der Waals surface area contributed by atoms with Crippen LogP contribution in [0.25, 0.3) is 0 Å². The Labute approximate surface area is 240 Å². The molecule has 0 bridgehead atoms. The van der Waals surface area contributed by atoms with Gasteiger partial charge in [0.15, 0.2) is 5.60 Å². The lowest BCUT2D eigenvalue weighted by Crippen LogP contribution is -2.44. The van der Waals surface area contributed by atoms with Crippen molar-refractivity contribution in [3.8, 4) is 0 Å². The molecule has 0 aliphatic carbocycles. The molecule has 41 heavy (non-hydrogen) atoms. The Morgan fingerprint density at radius 2 is 1.73 bits per heavy atom. The first-order valence-electron chi connectivity index (χ1n) is 13.5. The van der Waals surface area contributed by atoms with Crippen molar-refractivity contribution < 1.29 is 24.6 Å². The van der Waals surface area contributed by atoms with Crippen molar-refractivity contribution in [1.82, 2.24) is 4.90 Å². The highest BCUT2D eigenvalue weighted by atomic mass is 16.3. The third kappa shape index (κ3) is 6.14. The van der Waals surface area contributed by atoms with Crippen molar-refractivity contribution in [2.24, 2.45) is 5.92 Å². The van der Waals surface area contributed by atoms with E-state index >= 15 is 0 Å². The molecule has 4 rings (SSSR count). The molecule has 0 fully saturated rings. The molecule has 2 N–H and O–H groups in total. The fraction of sp³-hybridized carbons (Fsp3) is 0.242. The maximum atomic E-state index is 13.6. The number of rotatable bonds is 13. The van der Waals surface area contributed by atoms with E-state index in [1.807, 2.05) is 48.5 Å². The number of aliphatic hydroxyl groups excluding tert-OH is 1. The predicted molar refractivity (Wildman–Crippen MR) is 159 cm³/mol. The molecule has 1 aliphatic heterocycles. The summed E-state index contributed by atoms with van der Waals surface area (Å²) in [6, 6.07) is 23.7. The van der Waals surface area contributed by atoms with Crippen LogP contribution >= 0.6 is 0 Å². The van der Waals surface area contributed by atoms with Gasteiger partial charge in [0.05, 0.1) is 12.3 Å². The first-order valence-corrected chi connectivity index (χ1v) is 13.5. The van der Waals surface area contributed by atoms with E-state index < -0.39 is 17.4 Å². The average molecular weight is 554 g/mol. The van der Waals surface area contributed by atoms with E-state index in [9.17, 15) is 24.6 Å². The van der Waals surface area contributed by atoms with Crippen LogP contribution in [-0.4, -0.2) is 53.0 Å². The topological polar surface area (TPSA) is 101 Å². The molecule has 0 radical (unpaired) electrons. The van der Waals surface area contributed by atoms with Gasteiger partial charge < -0.3 is 20.0 Å². The summed E-state index contributed by atoms with van der Waals surface area (Å²) < 4.78 is 0. The van der Waals surface area contributed by atoms with Crippen molar-refractivity contribution in [2.75, 3.05) is 29.5 Å². The predicted octanol–water partition coefficient (Wildman–Crippen LogP) is 4.30. The van der Waals surface area contributed by atoms with E-state index in [1.54, 1.807) is 60.4 Å². The molecule has 0 saturated heterocycles. The Kier molecular flexibility index (Phi) is 9.49. The first-order chi connectivity index (χ1) is 19.8. The number of nitrogens with zero attached hydrogens (tertiary/aromatic N) is 3. The maximum absolute atomic E-state index is 13.6. The number of hydrogen-bond acceptors (Lipinski definition) is 5. The van der Waals surface area contributed by atoms with Gasteiger partial charge >= 0.3 is 0 Å². The lowest BCUT2D eigenvalue weighted by atomic mass is 9.82. The lowest BCUT2D eigenvalue weighted by Gasteiger charge is -2.28. The minimum atomic E-state index is -1.92. The van der Waals surface area contributed by atoms with Crippen LogP contribution in [0.5, 0.6) is 0 Å². The summed E-state index contributed by atoms with van der Waals surface area (Å²) in [5.74, 6) is -1.39. The third-order valence-electron chi connectivity index (χ3n) is 7.30. The molecule has 1 aliphatic rings. The monoisotopic (exact) mass is 553 g/mol. The number of aliphatic hydroxyl groups is 2. The molecule has 3 aromatic carbocycles. The minimum absolute atomic E-state index is 0.0393. The number of amides is 3. The molecule has 8 nitrogen and oxygen atoms in total. The van der Waals surface area contributed by atoms with E-state index in [0.717, 1.165) is 5.56 Å². The molecular formula is C33H35N3O5. The summed E-state index contributed by atoms with van der Waals surface area (Å²) >= 11 is 0. The Morgan fingerprint density at radius 1 is 1.05 bits per heavy atom. The largest absolute Gasteiger partial charge is 0.395 e. The summed E-state index contributed by atoms with van der Waals surface area (Å²) in [5.41, 5.74) is 1.09. The zero-order valence-electron chi connectivity index (χ0n) is 23.1. The highest BCUT2D eigenvalue weighted by Crippen LogP contribution is 2.47. The van der Waals surface area contributed by atoms with E-state index in [4.69, 9.17) is 0 Å². The number of fused-ring (bicyclic) bond motifs is 1. The molecule has 0 spiro atoms. The van der Waals surface area contributed by atoms with E-state index in [-0.39, 0.29) is 32.0 Å². The van der Waals surface area contributed by atoms with Crippen molar-refractivity contribution in [3.05, 3.63) is 115 Å². The van der Waals surface area contributed by atoms with Crippen LogP contribution in [0.4, 0.5) is 17.1 Å². The van der Waals surface area contributed by atoms with Gasteiger partial charge in [0.25, 0.3) is 5.91 Å². The van der Waals surface area contributed by atoms with Gasteiger partial charge in [0, 0.05) is 48.9 Å². The zero-order valence-corrected chi connectivity index (χ0v) is 23.1. The van der Waals surface area contributed by atoms with E-state index in [0.29, 0.717) is 35.6 Å². The Bertz CT molecular complexity index is 1410. The van der Waals surface area contributed by atoms with Crippen LogP contribution in [0.2, 0.25) is 0 Å². The van der Waals surface area contributed by atoms with Gasteiger partial charge in [-0.15, -0.1) is 6.58 Å². The lowest BCUT2D eigenvalue weighted by molar-refractivity contribution is -0.139. The molecule has 0 saturated carbocycles. The molecule has 8 heteroatoms. The van der Waals surface area contributed by atoms with Gasteiger partial charge in [-0.2, -0.15) is 0 Å². The highest BCUT2D eigenvalue weighted by molar-refractivity contribution is 6.08. The van der Waals surface area contributed by atoms with Gasteiger partial charge in [-0.25, -0.2) is 0 Å². The Morgan fingerprint density at radius 3 is 2.37 bits per heavy atom. The molecule has 3 amide bonds. The second-order valence-electron chi connectivity index (χ2n) is 9.93. The average Bonchev–Trinajstić information content (AvgIpc) is 3.21. The molecule has 0 aromatic heterocycles. The molecule has 212 valence electrons. The van der Waals surface area contributed by atoms with E-state index in [1.165, 1.54) is 9.80 Å². The molecule has 1 heterocycles. The van der Waals surface area contributed by atoms with Crippen molar-refractivity contribution >= 4 is 35.3 Å². The quantitative estimate of drug-likeness (QED) is 0.243. The summed E-state index contributed by atoms with van der Waals surface area (Å²) in [5, 5.41) is 21.4. The third-order valence-corrected chi connectivity index (χ3v) is 7.30. The number of carbonyl (C=O) groups excluding carboxylic acids is 3. The van der Waals surface area contributed by atoms with Crippen molar-refractivity contribution in [3.63, 3.8) is 0 Å². The molecule has 3 aromatic rings. The highest BCUT2D eigenvalue weighted by Gasteiger charge is 2.52. The summed E-state index contributed by atoms with van der Waals surface area (Å²) in [6.45, 7) is 6.07. The van der Waals surface area contributed by atoms with Crippen LogP contribution in [-0.2, 0) is 26.5 Å². The van der Waals surface area contributed by atoms with Gasteiger partial charge in [0.2, 0.25) is 12.3 Å². The van der Waals surface area contributed by atoms with Crippen molar-refractivity contribution in [1.29, 1.82) is 0 Å². The number of hydrogen-bond donors (Lipinski definition) is 2. The minimum Gasteiger partial charge on any atom is -0.395 e. The summed E-state index contributed by atoms with van der Waals surface area (Å²) in [7, 11) is 0. The van der Waals surface area contributed by atoms with Crippen LogP contribution in [0.3, 0.4) is 0 Å². The number of benzene rings is 3. The van der Waals surface area contributed by atoms with Crippen LogP contribution in [0.1, 0.15) is 24.5 Å². The standard InChI is InChI=1S/C33H35N3O5/c1-3-19-35-30-18-17-28(36(24-38)27-14-8-5-9-15-27)22-29(30)33(41,32(35)40)25(2)11-10-16-31(39)34(20-21-37)23-26-12-6-4-7-13-26/h3-15,17-18,22,24-25,37,41H,1,16,19-21,23H2,2H3/b11-10+/t25-,33+/m1/s1. The Balaban J connectivity index is 1.60. The second-order valence-corrected chi connectivity index (χ2v) is 9.93. The summed E-state index contributed by atoms with van der Waals surface area (Å²) in [4.78, 5) is 43.2. The van der Waals surface area contributed by atoms with Gasteiger partial charge in [0.1, 0.15) is 0 Å². The summed E-state index contributed by atoms with van der Waals surface area (Å²) in [6.07, 6.45) is 5.63. The SMILES string of the molecule is C=CCN1C(=O)[C@](O)([C@H](C)/C=C/CC(=O)N(CCO)Cc2ccccc2)c2cc(N(C=O)c3ccccc3)ccc21. The zero-order chi connectivity index (χ0) is 29.4. The van der Waals surface area contributed by atoms with Crippen LogP contribution in [0, 0.1) is 5.92 Å².